The summed E-state index contributed by atoms with van der Waals surface area (Å²) < 4.78 is 0. The second-order valence-corrected chi connectivity index (χ2v) is 6.72. The van der Waals surface area contributed by atoms with Gasteiger partial charge in [-0.05, 0) is 54.2 Å². The molecule has 0 spiro atoms. The van der Waals surface area contributed by atoms with E-state index >= 15 is 0 Å². The summed E-state index contributed by atoms with van der Waals surface area (Å²) >= 11 is 21.8. The molecule has 0 aliphatic rings. The second kappa shape index (κ2) is 7.70. The summed E-state index contributed by atoms with van der Waals surface area (Å²) in [6, 6.07) is 13.7. The first-order valence-corrected chi connectivity index (χ1v) is 8.58. The highest BCUT2D eigenvalue weighted by atomic mass is 79.9. The molecule has 2 aromatic carbocycles. The average molecular weight is 393 g/mol. The summed E-state index contributed by atoms with van der Waals surface area (Å²) in [6.07, 6.45) is 1.87. The molecule has 2 aromatic rings. The zero-order chi connectivity index (χ0) is 14.5. The lowest BCUT2D eigenvalue weighted by Gasteiger charge is -2.15. The molecule has 0 aromatic heterocycles. The third-order valence-corrected chi connectivity index (χ3v) is 4.89. The molecule has 0 saturated heterocycles. The van der Waals surface area contributed by atoms with Crippen LogP contribution in [0.2, 0.25) is 15.1 Å². The van der Waals surface area contributed by atoms with Gasteiger partial charge in [-0.1, -0.05) is 68.9 Å². The highest BCUT2D eigenvalue weighted by molar-refractivity contribution is 9.09. The minimum atomic E-state index is 0.465. The molecule has 0 radical (unpaired) electrons. The van der Waals surface area contributed by atoms with E-state index in [1.807, 2.05) is 30.3 Å². The monoisotopic (exact) mass is 390 g/mol. The smallest absolute Gasteiger partial charge is 0.0452 e. The molecular weight excluding hydrogens is 378 g/mol. The fourth-order valence-corrected chi connectivity index (χ4v) is 3.33. The van der Waals surface area contributed by atoms with E-state index in [-0.39, 0.29) is 0 Å². The predicted octanol–water partition coefficient (Wildman–Crippen LogP) is 6.44. The highest BCUT2D eigenvalue weighted by Gasteiger charge is 2.12. The topological polar surface area (TPSA) is 0 Å². The van der Waals surface area contributed by atoms with Crippen molar-refractivity contribution >= 4 is 50.7 Å². The zero-order valence-corrected chi connectivity index (χ0v) is 14.6. The molecule has 20 heavy (non-hydrogen) atoms. The summed E-state index contributed by atoms with van der Waals surface area (Å²) in [4.78, 5) is 0. The van der Waals surface area contributed by atoms with E-state index in [2.05, 4.69) is 22.0 Å². The van der Waals surface area contributed by atoms with Crippen molar-refractivity contribution in [1.82, 2.24) is 0 Å². The largest absolute Gasteiger partial charge is 0.0925 e. The van der Waals surface area contributed by atoms with E-state index in [9.17, 15) is 0 Å². The Hall–Kier alpha value is -0.210. The molecule has 2 rings (SSSR count). The van der Waals surface area contributed by atoms with Gasteiger partial charge in [0.05, 0.1) is 0 Å². The number of benzene rings is 2. The van der Waals surface area contributed by atoms with Crippen LogP contribution in [0.4, 0.5) is 0 Å². The van der Waals surface area contributed by atoms with Crippen LogP contribution in [0.1, 0.15) is 11.1 Å². The Labute approximate surface area is 143 Å². The van der Waals surface area contributed by atoms with Gasteiger partial charge in [-0.2, -0.15) is 0 Å². The van der Waals surface area contributed by atoms with Gasteiger partial charge >= 0.3 is 0 Å². The molecule has 0 aliphatic heterocycles. The van der Waals surface area contributed by atoms with Gasteiger partial charge in [-0.3, -0.25) is 0 Å². The van der Waals surface area contributed by atoms with Gasteiger partial charge in [0.15, 0.2) is 0 Å². The Bertz CT molecular complexity index is 584. The van der Waals surface area contributed by atoms with E-state index in [0.717, 1.165) is 33.8 Å². The number of halogens is 4. The van der Waals surface area contributed by atoms with Gasteiger partial charge in [-0.25, -0.2) is 0 Å². The Balaban J connectivity index is 2.09. The van der Waals surface area contributed by atoms with Crippen LogP contribution in [-0.2, 0) is 12.8 Å². The fourth-order valence-electron chi connectivity index (χ4n) is 2.18. The van der Waals surface area contributed by atoms with Crippen LogP contribution in [0.3, 0.4) is 0 Å². The maximum Gasteiger partial charge on any atom is 0.0452 e. The third kappa shape index (κ3) is 4.66. The van der Waals surface area contributed by atoms with Crippen LogP contribution < -0.4 is 0 Å². The summed E-state index contributed by atoms with van der Waals surface area (Å²) in [5, 5.41) is 3.09. The summed E-state index contributed by atoms with van der Waals surface area (Å²) in [7, 11) is 0. The van der Waals surface area contributed by atoms with Crippen molar-refractivity contribution in [2.24, 2.45) is 5.92 Å². The van der Waals surface area contributed by atoms with Gasteiger partial charge in [0, 0.05) is 20.4 Å². The van der Waals surface area contributed by atoms with Crippen molar-refractivity contribution in [3.8, 4) is 0 Å². The lowest BCUT2D eigenvalue weighted by molar-refractivity contribution is 0.591. The molecule has 0 heterocycles. The lowest BCUT2D eigenvalue weighted by atomic mass is 9.94. The summed E-state index contributed by atoms with van der Waals surface area (Å²) in [5.41, 5.74) is 2.37. The van der Waals surface area contributed by atoms with Crippen LogP contribution in [0.25, 0.3) is 0 Å². The van der Waals surface area contributed by atoms with Crippen LogP contribution >= 0.6 is 50.7 Å². The van der Waals surface area contributed by atoms with E-state index < -0.39 is 0 Å². The zero-order valence-electron chi connectivity index (χ0n) is 10.8. The first kappa shape index (κ1) is 16.2. The molecule has 1 atom stereocenters. The quantitative estimate of drug-likeness (QED) is 0.513. The van der Waals surface area contributed by atoms with Crippen molar-refractivity contribution in [2.45, 2.75) is 12.8 Å². The molecule has 106 valence electrons. The van der Waals surface area contributed by atoms with Gasteiger partial charge in [0.25, 0.3) is 0 Å². The molecule has 4 heteroatoms. The highest BCUT2D eigenvalue weighted by Crippen LogP contribution is 2.26. The number of hydrogen-bond donors (Lipinski definition) is 0. The van der Waals surface area contributed by atoms with Gasteiger partial charge in [0.1, 0.15) is 0 Å². The predicted molar refractivity (Wildman–Crippen MR) is 92.6 cm³/mol. The molecule has 0 nitrogen and oxygen atoms in total. The maximum atomic E-state index is 6.24. The molecule has 0 bridgehead atoms. The van der Waals surface area contributed by atoms with E-state index in [4.69, 9.17) is 34.8 Å². The first-order chi connectivity index (χ1) is 9.58. The Morgan fingerprint density at radius 2 is 1.65 bits per heavy atom. The second-order valence-electron chi connectivity index (χ2n) is 4.79. The normalized spacial score (nSPS) is 12.4. The first-order valence-electron chi connectivity index (χ1n) is 6.33. The van der Waals surface area contributed by atoms with Crippen molar-refractivity contribution in [1.29, 1.82) is 0 Å². The molecular formula is C16H14BrCl3. The summed E-state index contributed by atoms with van der Waals surface area (Å²) in [5.74, 6) is 0.465. The van der Waals surface area contributed by atoms with Crippen LogP contribution in [0.5, 0.6) is 0 Å². The van der Waals surface area contributed by atoms with Crippen LogP contribution in [0, 0.1) is 5.92 Å². The Kier molecular flexibility index (Phi) is 6.22. The fraction of sp³-hybridized carbons (Fsp3) is 0.250. The van der Waals surface area contributed by atoms with Gasteiger partial charge in [0.2, 0.25) is 0 Å². The minimum absolute atomic E-state index is 0.465. The van der Waals surface area contributed by atoms with Crippen molar-refractivity contribution in [2.75, 3.05) is 5.33 Å². The molecule has 0 amide bonds. The van der Waals surface area contributed by atoms with E-state index in [1.165, 1.54) is 5.56 Å². The Morgan fingerprint density at radius 3 is 2.30 bits per heavy atom. The number of hydrogen-bond acceptors (Lipinski definition) is 0. The van der Waals surface area contributed by atoms with Crippen LogP contribution in [0.15, 0.2) is 42.5 Å². The molecule has 1 unspecified atom stereocenters. The molecule has 0 aliphatic carbocycles. The lowest BCUT2D eigenvalue weighted by Crippen LogP contribution is -2.10. The van der Waals surface area contributed by atoms with Crippen molar-refractivity contribution in [3.63, 3.8) is 0 Å². The minimum Gasteiger partial charge on any atom is -0.0925 e. The standard InChI is InChI=1S/C16H14BrCl3/c17-10-12(6-11-2-1-3-14(18)8-11)7-13-4-5-15(19)9-16(13)20/h1-5,8-9,12H,6-7,10H2. The van der Waals surface area contributed by atoms with Crippen LogP contribution in [-0.4, -0.2) is 5.33 Å². The third-order valence-electron chi connectivity index (χ3n) is 3.16. The van der Waals surface area contributed by atoms with E-state index in [0.29, 0.717) is 10.9 Å². The SMILES string of the molecule is Clc1cccc(CC(CBr)Cc2ccc(Cl)cc2Cl)c1. The average Bonchev–Trinajstić information content (AvgIpc) is 2.41. The summed E-state index contributed by atoms with van der Waals surface area (Å²) in [6.45, 7) is 0. The van der Waals surface area contributed by atoms with Crippen molar-refractivity contribution in [3.05, 3.63) is 68.7 Å². The van der Waals surface area contributed by atoms with Crippen molar-refractivity contribution < 1.29 is 0 Å². The number of alkyl halides is 1. The molecule has 0 saturated carbocycles. The van der Waals surface area contributed by atoms with E-state index in [1.54, 1.807) is 6.07 Å². The van der Waals surface area contributed by atoms with Gasteiger partial charge in [-0.15, -0.1) is 0 Å². The molecule has 0 fully saturated rings. The van der Waals surface area contributed by atoms with Gasteiger partial charge < -0.3 is 0 Å². The number of rotatable bonds is 5. The maximum absolute atomic E-state index is 6.24. The molecule has 0 N–H and O–H groups in total. The Morgan fingerprint density at radius 1 is 0.900 bits per heavy atom.